The average molecular weight is 222 g/mol. The molecule has 2 rings (SSSR count). The number of hydrogen-bond acceptors (Lipinski definition) is 3. The lowest BCUT2D eigenvalue weighted by Crippen LogP contribution is -2.01. The summed E-state index contributed by atoms with van der Waals surface area (Å²) < 4.78 is 10.8. The van der Waals surface area contributed by atoms with E-state index in [4.69, 9.17) is 14.6 Å². The summed E-state index contributed by atoms with van der Waals surface area (Å²) in [6, 6.07) is 10.2. The Morgan fingerprint density at radius 1 is 1.19 bits per heavy atom. The van der Waals surface area contributed by atoms with Gasteiger partial charge in [0.25, 0.3) is 0 Å². The molecule has 88 valence electrons. The lowest BCUT2D eigenvalue weighted by Gasteiger charge is -2.03. The van der Waals surface area contributed by atoms with Crippen LogP contribution in [-0.2, 0) is 16.1 Å². The van der Waals surface area contributed by atoms with Crippen LogP contribution in [0.5, 0.6) is 0 Å². The van der Waals surface area contributed by atoms with Crippen molar-refractivity contribution >= 4 is 0 Å². The zero-order valence-corrected chi connectivity index (χ0v) is 9.34. The van der Waals surface area contributed by atoms with Crippen LogP contribution in [0.4, 0.5) is 0 Å². The van der Waals surface area contributed by atoms with E-state index in [1.807, 2.05) is 18.2 Å². The van der Waals surface area contributed by atoms with Gasteiger partial charge in [0.2, 0.25) is 0 Å². The summed E-state index contributed by atoms with van der Waals surface area (Å²) in [4.78, 5) is 0. The molecule has 0 radical (unpaired) electrons. The Bertz CT molecular complexity index is 299. The van der Waals surface area contributed by atoms with Gasteiger partial charge < -0.3 is 14.6 Å². The molecular weight excluding hydrogens is 204 g/mol. The molecule has 0 unspecified atom stereocenters. The van der Waals surface area contributed by atoms with Gasteiger partial charge in [0.15, 0.2) is 0 Å². The van der Waals surface area contributed by atoms with Gasteiger partial charge in [0, 0.05) is 6.61 Å². The summed E-state index contributed by atoms with van der Waals surface area (Å²) in [6.07, 6.45) is 2.34. The second kappa shape index (κ2) is 5.99. The van der Waals surface area contributed by atoms with Crippen LogP contribution < -0.4 is 0 Å². The van der Waals surface area contributed by atoms with Crippen molar-refractivity contribution in [3.05, 3.63) is 35.9 Å². The summed E-state index contributed by atoms with van der Waals surface area (Å²) in [5, 5.41) is 8.77. The zero-order valence-electron chi connectivity index (χ0n) is 9.34. The van der Waals surface area contributed by atoms with Crippen LogP contribution in [0.1, 0.15) is 18.4 Å². The molecule has 1 aromatic carbocycles. The first kappa shape index (κ1) is 11.6. The summed E-state index contributed by atoms with van der Waals surface area (Å²) in [5.74, 6) is 0. The molecule has 3 nitrogen and oxygen atoms in total. The molecule has 1 aliphatic heterocycles. The van der Waals surface area contributed by atoms with Crippen LogP contribution in [0.3, 0.4) is 0 Å². The summed E-state index contributed by atoms with van der Waals surface area (Å²) in [5.41, 5.74) is 1.21. The molecule has 0 aromatic heterocycles. The van der Waals surface area contributed by atoms with E-state index in [1.54, 1.807) is 0 Å². The van der Waals surface area contributed by atoms with Crippen molar-refractivity contribution in [1.82, 2.24) is 0 Å². The highest BCUT2D eigenvalue weighted by molar-refractivity contribution is 5.13. The molecule has 16 heavy (non-hydrogen) atoms. The van der Waals surface area contributed by atoms with Crippen molar-refractivity contribution in [2.24, 2.45) is 0 Å². The van der Waals surface area contributed by atoms with E-state index in [-0.39, 0.29) is 18.8 Å². The van der Waals surface area contributed by atoms with E-state index in [0.29, 0.717) is 6.61 Å². The fourth-order valence-electron chi connectivity index (χ4n) is 1.74. The molecule has 1 aliphatic rings. The third kappa shape index (κ3) is 3.59. The molecule has 0 spiro atoms. The maximum Gasteiger partial charge on any atom is 0.107 e. The Morgan fingerprint density at radius 2 is 2.00 bits per heavy atom. The fraction of sp³-hybridized carbons (Fsp3) is 0.538. The average Bonchev–Trinajstić information content (AvgIpc) is 3.09. The van der Waals surface area contributed by atoms with Crippen molar-refractivity contribution in [1.29, 1.82) is 0 Å². The first-order valence-corrected chi connectivity index (χ1v) is 5.78. The molecule has 2 atom stereocenters. The van der Waals surface area contributed by atoms with Gasteiger partial charge in [0.05, 0.1) is 19.3 Å². The van der Waals surface area contributed by atoms with Crippen LogP contribution in [0.25, 0.3) is 0 Å². The third-order valence-electron chi connectivity index (χ3n) is 2.76. The first-order chi connectivity index (χ1) is 7.90. The number of rotatable bonds is 7. The van der Waals surface area contributed by atoms with Crippen molar-refractivity contribution in [2.45, 2.75) is 31.7 Å². The monoisotopic (exact) mass is 222 g/mol. The standard InChI is InChI=1S/C13H18O3/c14-9-13-12(16-13)7-4-8-15-10-11-5-2-1-3-6-11/h1-3,5-6,12-14H,4,7-10H2/t12-,13-/m0/s1. The predicted molar refractivity (Wildman–Crippen MR) is 61.1 cm³/mol. The van der Waals surface area contributed by atoms with Gasteiger partial charge in [-0.15, -0.1) is 0 Å². The highest BCUT2D eigenvalue weighted by atomic mass is 16.6. The highest BCUT2D eigenvalue weighted by Gasteiger charge is 2.36. The van der Waals surface area contributed by atoms with E-state index in [1.165, 1.54) is 5.56 Å². The molecule has 1 N–H and O–H groups in total. The number of hydrogen-bond donors (Lipinski definition) is 1. The maximum absolute atomic E-state index is 8.77. The van der Waals surface area contributed by atoms with E-state index < -0.39 is 0 Å². The Labute approximate surface area is 96.0 Å². The highest BCUT2D eigenvalue weighted by Crippen LogP contribution is 2.25. The number of benzene rings is 1. The van der Waals surface area contributed by atoms with Gasteiger partial charge in [0.1, 0.15) is 6.10 Å². The lowest BCUT2D eigenvalue weighted by molar-refractivity contribution is 0.115. The molecule has 0 amide bonds. The molecule has 3 heteroatoms. The van der Waals surface area contributed by atoms with Crippen LogP contribution in [-0.4, -0.2) is 30.5 Å². The second-order valence-corrected chi connectivity index (χ2v) is 4.08. The summed E-state index contributed by atoms with van der Waals surface area (Å²) in [6.45, 7) is 1.58. The van der Waals surface area contributed by atoms with Gasteiger partial charge >= 0.3 is 0 Å². The Balaban J connectivity index is 1.50. The SMILES string of the molecule is OC[C@@H]1O[C@H]1CCCOCc1ccccc1. The molecule has 1 saturated heterocycles. The summed E-state index contributed by atoms with van der Waals surface area (Å²) in [7, 11) is 0. The quantitative estimate of drug-likeness (QED) is 0.564. The van der Waals surface area contributed by atoms with Gasteiger partial charge in [-0.05, 0) is 18.4 Å². The normalized spacial score (nSPS) is 23.3. The molecule has 1 heterocycles. The molecular formula is C13H18O3. The maximum atomic E-state index is 8.77. The molecule has 0 bridgehead atoms. The van der Waals surface area contributed by atoms with Crippen molar-refractivity contribution in [3.63, 3.8) is 0 Å². The van der Waals surface area contributed by atoms with E-state index in [0.717, 1.165) is 19.4 Å². The minimum absolute atomic E-state index is 0.0918. The second-order valence-electron chi connectivity index (χ2n) is 4.08. The molecule has 1 fully saturated rings. The lowest BCUT2D eigenvalue weighted by atomic mass is 10.2. The number of ether oxygens (including phenoxy) is 2. The minimum Gasteiger partial charge on any atom is -0.394 e. The predicted octanol–water partition coefficient (Wildman–Crippen LogP) is 1.74. The first-order valence-electron chi connectivity index (χ1n) is 5.78. The van der Waals surface area contributed by atoms with Gasteiger partial charge in [-0.25, -0.2) is 0 Å². The van der Waals surface area contributed by atoms with Crippen molar-refractivity contribution < 1.29 is 14.6 Å². The van der Waals surface area contributed by atoms with Crippen LogP contribution in [0.15, 0.2) is 30.3 Å². The van der Waals surface area contributed by atoms with Gasteiger partial charge in [-0.1, -0.05) is 30.3 Å². The van der Waals surface area contributed by atoms with Crippen molar-refractivity contribution in [3.8, 4) is 0 Å². The zero-order chi connectivity index (χ0) is 11.2. The Morgan fingerprint density at radius 3 is 2.69 bits per heavy atom. The van der Waals surface area contributed by atoms with Crippen LogP contribution in [0, 0.1) is 0 Å². The van der Waals surface area contributed by atoms with Crippen LogP contribution >= 0.6 is 0 Å². The van der Waals surface area contributed by atoms with Gasteiger partial charge in [-0.3, -0.25) is 0 Å². The van der Waals surface area contributed by atoms with E-state index in [2.05, 4.69) is 12.1 Å². The number of epoxide rings is 1. The minimum atomic E-state index is 0.0918. The van der Waals surface area contributed by atoms with E-state index >= 15 is 0 Å². The fourth-order valence-corrected chi connectivity index (χ4v) is 1.74. The van der Waals surface area contributed by atoms with Gasteiger partial charge in [-0.2, -0.15) is 0 Å². The molecule has 0 aliphatic carbocycles. The number of aliphatic hydroxyl groups is 1. The van der Waals surface area contributed by atoms with Crippen molar-refractivity contribution in [2.75, 3.05) is 13.2 Å². The topological polar surface area (TPSA) is 42.0 Å². The Hall–Kier alpha value is -0.900. The van der Waals surface area contributed by atoms with E-state index in [9.17, 15) is 0 Å². The molecule has 1 aromatic rings. The van der Waals surface area contributed by atoms with Crippen LogP contribution in [0.2, 0.25) is 0 Å². The Kier molecular flexibility index (Phi) is 4.34. The third-order valence-corrected chi connectivity index (χ3v) is 2.76. The molecule has 0 saturated carbocycles. The number of aliphatic hydroxyl groups excluding tert-OH is 1. The smallest absolute Gasteiger partial charge is 0.107 e. The summed E-state index contributed by atoms with van der Waals surface area (Å²) >= 11 is 0. The largest absolute Gasteiger partial charge is 0.394 e.